The van der Waals surface area contributed by atoms with Gasteiger partial charge in [-0.05, 0) is 68.4 Å². The van der Waals surface area contributed by atoms with Crippen molar-refractivity contribution in [2.75, 3.05) is 0 Å². The number of aryl methyl sites for hydroxylation is 5. The second kappa shape index (κ2) is 8.15. The normalized spacial score (nSPS) is 11.0. The first kappa shape index (κ1) is 17.5. The Morgan fingerprint density at radius 1 is 0.920 bits per heavy atom. The molecule has 2 heteroatoms. The van der Waals surface area contributed by atoms with Crippen molar-refractivity contribution in [3.63, 3.8) is 0 Å². The summed E-state index contributed by atoms with van der Waals surface area (Å²) in [6, 6.07) is 17.0. The van der Waals surface area contributed by atoms with Crippen molar-refractivity contribution in [1.82, 2.24) is 4.98 Å². The Labute approximate surface area is 150 Å². The van der Waals surface area contributed by atoms with E-state index >= 15 is 0 Å². The van der Waals surface area contributed by atoms with E-state index in [0.717, 1.165) is 42.2 Å². The topological polar surface area (TPSA) is 26.0 Å². The van der Waals surface area contributed by atoms with Crippen LogP contribution in [-0.4, -0.2) is 4.98 Å². The van der Waals surface area contributed by atoms with E-state index in [1.54, 1.807) is 0 Å². The third-order valence-electron chi connectivity index (χ3n) is 4.72. The molecule has 0 unspecified atom stereocenters. The monoisotopic (exact) mass is 333 g/mol. The second-order valence-corrected chi connectivity index (χ2v) is 6.75. The van der Waals surface area contributed by atoms with Gasteiger partial charge in [0.2, 0.25) is 5.89 Å². The molecule has 0 saturated carbocycles. The summed E-state index contributed by atoms with van der Waals surface area (Å²) in [6.07, 6.45) is 5.51. The maximum Gasteiger partial charge on any atom is 0.226 e. The Morgan fingerprint density at radius 2 is 1.72 bits per heavy atom. The molecule has 0 N–H and O–H groups in total. The molecule has 3 rings (SSSR count). The molecular formula is C23H27NO. The molecule has 1 aromatic heterocycles. The SMILES string of the molecule is CCCc1ccc(CCCc2nc(-c3ccccc3)oc2C)cc1C. The molecule has 2 nitrogen and oxygen atoms in total. The van der Waals surface area contributed by atoms with Gasteiger partial charge in [0.25, 0.3) is 0 Å². The Balaban J connectivity index is 1.61. The maximum absolute atomic E-state index is 5.85. The maximum atomic E-state index is 5.85. The number of hydrogen-bond donors (Lipinski definition) is 0. The standard InChI is InChI=1S/C23H27NO/c1-4-9-20-15-14-19(16-17(20)2)10-8-13-22-18(3)25-23(24-22)21-11-6-5-7-12-21/h5-7,11-12,14-16H,4,8-10,13H2,1-3H3. The molecule has 0 aliphatic rings. The number of oxazole rings is 1. The molecule has 0 aliphatic heterocycles. The molecule has 0 atom stereocenters. The smallest absolute Gasteiger partial charge is 0.226 e. The van der Waals surface area contributed by atoms with Crippen LogP contribution >= 0.6 is 0 Å². The van der Waals surface area contributed by atoms with Crippen LogP contribution in [0, 0.1) is 13.8 Å². The van der Waals surface area contributed by atoms with Crippen molar-refractivity contribution < 1.29 is 4.42 Å². The number of aromatic nitrogens is 1. The first-order valence-corrected chi connectivity index (χ1v) is 9.27. The van der Waals surface area contributed by atoms with Crippen LogP contribution in [-0.2, 0) is 19.3 Å². The summed E-state index contributed by atoms with van der Waals surface area (Å²) in [4.78, 5) is 4.70. The minimum absolute atomic E-state index is 0.730. The molecule has 130 valence electrons. The van der Waals surface area contributed by atoms with Gasteiger partial charge in [0.05, 0.1) is 5.69 Å². The van der Waals surface area contributed by atoms with E-state index in [0.29, 0.717) is 0 Å². The van der Waals surface area contributed by atoms with Crippen LogP contribution in [0.15, 0.2) is 52.9 Å². The Bertz CT molecular complexity index is 817. The Hall–Kier alpha value is -2.35. The number of hydrogen-bond acceptors (Lipinski definition) is 2. The van der Waals surface area contributed by atoms with Crippen molar-refractivity contribution in [3.8, 4) is 11.5 Å². The van der Waals surface area contributed by atoms with Gasteiger partial charge in [-0.1, -0.05) is 49.7 Å². The predicted octanol–water partition coefficient (Wildman–Crippen LogP) is 6.09. The fourth-order valence-electron chi connectivity index (χ4n) is 3.29. The highest BCUT2D eigenvalue weighted by Gasteiger charge is 2.11. The molecule has 0 aliphatic carbocycles. The molecule has 1 heterocycles. The number of nitrogens with zero attached hydrogens (tertiary/aromatic N) is 1. The lowest BCUT2D eigenvalue weighted by Gasteiger charge is -2.07. The lowest BCUT2D eigenvalue weighted by atomic mass is 9.98. The highest BCUT2D eigenvalue weighted by Crippen LogP contribution is 2.22. The van der Waals surface area contributed by atoms with Crippen LogP contribution < -0.4 is 0 Å². The van der Waals surface area contributed by atoms with Crippen molar-refractivity contribution in [3.05, 3.63) is 76.7 Å². The lowest BCUT2D eigenvalue weighted by molar-refractivity contribution is 0.538. The van der Waals surface area contributed by atoms with Gasteiger partial charge in [-0.3, -0.25) is 0 Å². The van der Waals surface area contributed by atoms with Gasteiger partial charge in [-0.25, -0.2) is 4.98 Å². The van der Waals surface area contributed by atoms with Gasteiger partial charge >= 0.3 is 0 Å². The predicted molar refractivity (Wildman–Crippen MR) is 104 cm³/mol. The largest absolute Gasteiger partial charge is 0.441 e. The first-order valence-electron chi connectivity index (χ1n) is 9.27. The van der Waals surface area contributed by atoms with Gasteiger partial charge in [-0.15, -0.1) is 0 Å². The number of rotatable bonds is 7. The Kier molecular flexibility index (Phi) is 5.70. The van der Waals surface area contributed by atoms with Crippen LogP contribution in [0.1, 0.15) is 47.9 Å². The molecule has 0 amide bonds. The summed E-state index contributed by atoms with van der Waals surface area (Å²) in [5, 5.41) is 0. The van der Waals surface area contributed by atoms with Crippen molar-refractivity contribution in [1.29, 1.82) is 0 Å². The number of benzene rings is 2. The zero-order valence-corrected chi connectivity index (χ0v) is 15.5. The zero-order valence-electron chi connectivity index (χ0n) is 15.5. The summed E-state index contributed by atoms with van der Waals surface area (Å²) in [5.41, 5.74) is 6.44. The van der Waals surface area contributed by atoms with E-state index in [4.69, 9.17) is 9.40 Å². The van der Waals surface area contributed by atoms with E-state index < -0.39 is 0 Å². The third kappa shape index (κ3) is 4.39. The van der Waals surface area contributed by atoms with Crippen LogP contribution in [0.4, 0.5) is 0 Å². The van der Waals surface area contributed by atoms with Crippen LogP contribution in [0.3, 0.4) is 0 Å². The highest BCUT2D eigenvalue weighted by atomic mass is 16.4. The minimum Gasteiger partial charge on any atom is -0.441 e. The third-order valence-corrected chi connectivity index (χ3v) is 4.72. The molecule has 3 aromatic rings. The summed E-state index contributed by atoms with van der Waals surface area (Å²) >= 11 is 0. The lowest BCUT2D eigenvalue weighted by Crippen LogP contribution is -1.95. The van der Waals surface area contributed by atoms with Gasteiger partial charge in [0.15, 0.2) is 0 Å². The molecule has 0 radical (unpaired) electrons. The van der Waals surface area contributed by atoms with Crippen molar-refractivity contribution in [2.24, 2.45) is 0 Å². The van der Waals surface area contributed by atoms with Crippen molar-refractivity contribution >= 4 is 0 Å². The fourth-order valence-corrected chi connectivity index (χ4v) is 3.29. The molecule has 0 fully saturated rings. The van der Waals surface area contributed by atoms with E-state index in [2.05, 4.69) is 32.0 Å². The zero-order chi connectivity index (χ0) is 17.6. The van der Waals surface area contributed by atoms with E-state index in [1.807, 2.05) is 37.3 Å². The first-order chi connectivity index (χ1) is 12.2. The summed E-state index contributed by atoms with van der Waals surface area (Å²) in [5.74, 6) is 1.67. The summed E-state index contributed by atoms with van der Waals surface area (Å²) in [6.45, 7) is 6.47. The van der Waals surface area contributed by atoms with Gasteiger partial charge in [-0.2, -0.15) is 0 Å². The fraction of sp³-hybridized carbons (Fsp3) is 0.348. The van der Waals surface area contributed by atoms with Crippen LogP contribution in [0.25, 0.3) is 11.5 Å². The van der Waals surface area contributed by atoms with Crippen LogP contribution in [0.2, 0.25) is 0 Å². The summed E-state index contributed by atoms with van der Waals surface area (Å²) < 4.78 is 5.85. The summed E-state index contributed by atoms with van der Waals surface area (Å²) in [7, 11) is 0. The average Bonchev–Trinajstić information content (AvgIpc) is 2.99. The quantitative estimate of drug-likeness (QED) is 0.523. The molecular weight excluding hydrogens is 306 g/mol. The Morgan fingerprint density at radius 3 is 2.44 bits per heavy atom. The molecule has 0 spiro atoms. The van der Waals surface area contributed by atoms with E-state index in [9.17, 15) is 0 Å². The minimum atomic E-state index is 0.730. The van der Waals surface area contributed by atoms with Crippen LogP contribution in [0.5, 0.6) is 0 Å². The van der Waals surface area contributed by atoms with Gasteiger partial charge < -0.3 is 4.42 Å². The van der Waals surface area contributed by atoms with Gasteiger partial charge in [0.1, 0.15) is 5.76 Å². The van der Waals surface area contributed by atoms with Gasteiger partial charge in [0, 0.05) is 5.56 Å². The molecule has 0 bridgehead atoms. The highest BCUT2D eigenvalue weighted by molar-refractivity contribution is 5.53. The molecule has 0 saturated heterocycles. The van der Waals surface area contributed by atoms with E-state index in [-0.39, 0.29) is 0 Å². The van der Waals surface area contributed by atoms with E-state index in [1.165, 1.54) is 29.5 Å². The average molecular weight is 333 g/mol. The van der Waals surface area contributed by atoms with Crippen molar-refractivity contribution in [2.45, 2.75) is 52.9 Å². The molecule has 2 aromatic carbocycles. The molecule has 25 heavy (non-hydrogen) atoms. The second-order valence-electron chi connectivity index (χ2n) is 6.75.